The van der Waals surface area contributed by atoms with E-state index in [-0.39, 0.29) is 11.1 Å². The van der Waals surface area contributed by atoms with Crippen LogP contribution < -0.4 is 5.32 Å². The van der Waals surface area contributed by atoms with Crippen LogP contribution in [0.3, 0.4) is 0 Å². The summed E-state index contributed by atoms with van der Waals surface area (Å²) in [7, 11) is 0. The highest BCUT2D eigenvalue weighted by molar-refractivity contribution is 8.13. The Balaban J connectivity index is 1.84. The minimum atomic E-state index is -0.112. The molecule has 0 unspecified atom stereocenters. The molecular formula is C14H14N2O2S. The molecule has 1 fully saturated rings. The molecule has 5 heteroatoms. The lowest BCUT2D eigenvalue weighted by Gasteiger charge is -2.13. The molecule has 1 heterocycles. The third-order valence-corrected chi connectivity index (χ3v) is 3.66. The molecule has 1 aromatic carbocycles. The van der Waals surface area contributed by atoms with E-state index >= 15 is 0 Å². The number of hydrogen-bond donors (Lipinski definition) is 1. The number of rotatable bonds is 4. The second-order valence-electron chi connectivity index (χ2n) is 4.12. The predicted octanol–water partition coefficient (Wildman–Crippen LogP) is 2.17. The lowest BCUT2D eigenvalue weighted by Crippen LogP contribution is -2.27. The van der Waals surface area contributed by atoms with E-state index in [1.165, 1.54) is 11.8 Å². The summed E-state index contributed by atoms with van der Waals surface area (Å²) >= 11 is 1.30. The van der Waals surface area contributed by atoms with Crippen molar-refractivity contribution >= 4 is 28.6 Å². The largest absolute Gasteiger partial charge is 0.332 e. The fraction of sp³-hybridized carbons (Fsp3) is 0.286. The van der Waals surface area contributed by atoms with Crippen molar-refractivity contribution in [2.75, 3.05) is 24.2 Å². The Morgan fingerprint density at radius 2 is 2.37 bits per heavy atom. The molecule has 2 rings (SSSR count). The summed E-state index contributed by atoms with van der Waals surface area (Å²) < 4.78 is 0. The Kier molecular flexibility index (Phi) is 4.48. The van der Waals surface area contributed by atoms with Gasteiger partial charge in [-0.1, -0.05) is 23.7 Å². The summed E-state index contributed by atoms with van der Waals surface area (Å²) in [5, 5.41) is 2.83. The zero-order valence-corrected chi connectivity index (χ0v) is 11.2. The van der Waals surface area contributed by atoms with Crippen molar-refractivity contribution in [1.29, 1.82) is 0 Å². The van der Waals surface area contributed by atoms with Gasteiger partial charge in [-0.25, -0.2) is 0 Å². The number of anilines is 1. The number of terminal acetylenes is 1. The lowest BCUT2D eigenvalue weighted by molar-refractivity contribution is -0.116. The van der Waals surface area contributed by atoms with Gasteiger partial charge in [-0.2, -0.15) is 0 Å². The lowest BCUT2D eigenvalue weighted by atomic mass is 10.2. The van der Waals surface area contributed by atoms with Gasteiger partial charge in [-0.3, -0.25) is 9.59 Å². The Morgan fingerprint density at radius 3 is 3.05 bits per heavy atom. The quantitative estimate of drug-likeness (QED) is 0.856. The molecular weight excluding hydrogens is 260 g/mol. The Hall–Kier alpha value is -1.93. The van der Waals surface area contributed by atoms with Gasteiger partial charge in [0, 0.05) is 36.5 Å². The average Bonchev–Trinajstić information content (AvgIpc) is 2.82. The van der Waals surface area contributed by atoms with Crippen LogP contribution in [0.4, 0.5) is 10.5 Å². The van der Waals surface area contributed by atoms with Gasteiger partial charge in [0.1, 0.15) is 0 Å². The van der Waals surface area contributed by atoms with E-state index in [0.717, 1.165) is 17.9 Å². The maximum atomic E-state index is 11.8. The van der Waals surface area contributed by atoms with Crippen molar-refractivity contribution in [2.24, 2.45) is 0 Å². The first-order chi connectivity index (χ1) is 9.19. The molecule has 1 N–H and O–H groups in total. The van der Waals surface area contributed by atoms with Crippen LogP contribution >= 0.6 is 11.8 Å². The number of amides is 2. The standard InChI is InChI=1S/C14H14N2O2S/c1-2-11-4-3-5-12(10-11)15-13(17)6-7-16-8-9-19-14(16)18/h1,3-5,10H,6-9H2,(H,15,17). The minimum absolute atomic E-state index is 0.0575. The number of nitrogens with zero attached hydrogens (tertiary/aromatic N) is 1. The maximum absolute atomic E-state index is 11.8. The number of thioether (sulfide) groups is 1. The summed E-state index contributed by atoms with van der Waals surface area (Å²) in [6.07, 6.45) is 5.60. The van der Waals surface area contributed by atoms with Crippen LogP contribution in [0.5, 0.6) is 0 Å². The number of carbonyl (C=O) groups excluding carboxylic acids is 2. The van der Waals surface area contributed by atoms with Crippen molar-refractivity contribution in [3.8, 4) is 12.3 Å². The Bertz CT molecular complexity index is 536. The zero-order valence-electron chi connectivity index (χ0n) is 10.4. The van der Waals surface area contributed by atoms with Gasteiger partial charge in [-0.15, -0.1) is 6.42 Å². The molecule has 0 bridgehead atoms. The summed E-state index contributed by atoms with van der Waals surface area (Å²) in [6, 6.07) is 7.13. The number of nitrogens with one attached hydrogen (secondary N) is 1. The smallest absolute Gasteiger partial charge is 0.281 e. The minimum Gasteiger partial charge on any atom is -0.332 e. The molecule has 19 heavy (non-hydrogen) atoms. The van der Waals surface area contributed by atoms with E-state index in [1.54, 1.807) is 29.2 Å². The first-order valence-electron chi connectivity index (χ1n) is 5.97. The first-order valence-corrected chi connectivity index (χ1v) is 6.96. The van der Waals surface area contributed by atoms with Crippen LogP contribution in [0, 0.1) is 12.3 Å². The molecule has 98 valence electrons. The van der Waals surface area contributed by atoms with Crippen LogP contribution in [-0.4, -0.2) is 34.9 Å². The normalized spacial score (nSPS) is 14.3. The Labute approximate surface area is 116 Å². The average molecular weight is 274 g/mol. The van der Waals surface area contributed by atoms with Gasteiger partial charge in [0.25, 0.3) is 5.24 Å². The van der Waals surface area contributed by atoms with Crippen LogP contribution in [0.2, 0.25) is 0 Å². The van der Waals surface area contributed by atoms with E-state index in [1.807, 2.05) is 0 Å². The topological polar surface area (TPSA) is 49.4 Å². The molecule has 0 radical (unpaired) electrons. The molecule has 4 nitrogen and oxygen atoms in total. The molecule has 1 saturated heterocycles. The highest BCUT2D eigenvalue weighted by Gasteiger charge is 2.21. The second-order valence-corrected chi connectivity index (χ2v) is 5.17. The van der Waals surface area contributed by atoms with Crippen molar-refractivity contribution in [3.63, 3.8) is 0 Å². The van der Waals surface area contributed by atoms with Gasteiger partial charge in [0.15, 0.2) is 0 Å². The second kappa shape index (κ2) is 6.30. The molecule has 0 spiro atoms. The van der Waals surface area contributed by atoms with Crippen molar-refractivity contribution in [2.45, 2.75) is 6.42 Å². The summed E-state index contributed by atoms with van der Waals surface area (Å²) in [4.78, 5) is 24.8. The number of carbonyl (C=O) groups is 2. The molecule has 2 amide bonds. The summed E-state index contributed by atoms with van der Waals surface area (Å²) in [5.41, 5.74) is 1.41. The zero-order chi connectivity index (χ0) is 13.7. The predicted molar refractivity (Wildman–Crippen MR) is 77.1 cm³/mol. The molecule has 0 aliphatic carbocycles. The summed E-state index contributed by atoms with van der Waals surface area (Å²) in [5.74, 6) is 3.21. The fourth-order valence-electron chi connectivity index (χ4n) is 1.78. The SMILES string of the molecule is C#Cc1cccc(NC(=O)CCN2CCSC2=O)c1. The molecule has 1 aromatic rings. The highest BCUT2D eigenvalue weighted by atomic mass is 32.2. The van der Waals surface area contributed by atoms with Gasteiger partial charge in [0.05, 0.1) is 0 Å². The van der Waals surface area contributed by atoms with E-state index in [9.17, 15) is 9.59 Å². The van der Waals surface area contributed by atoms with E-state index in [2.05, 4.69) is 11.2 Å². The van der Waals surface area contributed by atoms with E-state index in [4.69, 9.17) is 6.42 Å². The molecule has 0 aromatic heterocycles. The van der Waals surface area contributed by atoms with E-state index in [0.29, 0.717) is 18.7 Å². The summed E-state index contributed by atoms with van der Waals surface area (Å²) in [6.45, 7) is 1.19. The molecule has 0 atom stereocenters. The first kappa shape index (κ1) is 13.5. The van der Waals surface area contributed by atoms with Crippen LogP contribution in [-0.2, 0) is 4.79 Å². The van der Waals surface area contributed by atoms with Crippen LogP contribution in [0.1, 0.15) is 12.0 Å². The van der Waals surface area contributed by atoms with Crippen molar-refractivity contribution in [3.05, 3.63) is 29.8 Å². The monoisotopic (exact) mass is 274 g/mol. The van der Waals surface area contributed by atoms with Crippen LogP contribution in [0.15, 0.2) is 24.3 Å². The van der Waals surface area contributed by atoms with Gasteiger partial charge >= 0.3 is 0 Å². The Morgan fingerprint density at radius 1 is 1.53 bits per heavy atom. The molecule has 1 aliphatic rings. The highest BCUT2D eigenvalue weighted by Crippen LogP contribution is 2.17. The third-order valence-electron chi connectivity index (χ3n) is 2.77. The number of benzene rings is 1. The third kappa shape index (κ3) is 3.76. The van der Waals surface area contributed by atoms with E-state index < -0.39 is 0 Å². The fourth-order valence-corrected chi connectivity index (χ4v) is 2.63. The van der Waals surface area contributed by atoms with Crippen molar-refractivity contribution in [1.82, 2.24) is 4.90 Å². The van der Waals surface area contributed by atoms with Crippen molar-refractivity contribution < 1.29 is 9.59 Å². The van der Waals surface area contributed by atoms with Gasteiger partial charge in [0.2, 0.25) is 5.91 Å². The number of hydrogen-bond acceptors (Lipinski definition) is 3. The maximum Gasteiger partial charge on any atom is 0.281 e. The van der Waals surface area contributed by atoms with Crippen LogP contribution in [0.25, 0.3) is 0 Å². The molecule has 0 saturated carbocycles. The van der Waals surface area contributed by atoms with Gasteiger partial charge in [-0.05, 0) is 18.2 Å². The van der Waals surface area contributed by atoms with Gasteiger partial charge < -0.3 is 10.2 Å². The molecule has 1 aliphatic heterocycles.